The molecular weight excluding hydrogens is 440 g/mol. The lowest BCUT2D eigenvalue weighted by Gasteiger charge is -2.23. The van der Waals surface area contributed by atoms with Crippen molar-refractivity contribution >= 4 is 23.2 Å². The van der Waals surface area contributed by atoms with Gasteiger partial charge in [0, 0.05) is 24.1 Å². The zero-order chi connectivity index (χ0) is 23.8. The summed E-state index contributed by atoms with van der Waals surface area (Å²) in [5, 5.41) is 2.19. The number of aromatic nitrogens is 1. The van der Waals surface area contributed by atoms with Gasteiger partial charge in [-0.1, -0.05) is 35.9 Å². The molecule has 170 valence electrons. The summed E-state index contributed by atoms with van der Waals surface area (Å²) in [5.41, 5.74) is 2.73. The first-order valence-corrected chi connectivity index (χ1v) is 10.7. The molecule has 0 bridgehead atoms. The minimum absolute atomic E-state index is 0.161. The molecule has 6 nitrogen and oxygen atoms in total. The molecule has 0 aliphatic carbocycles. The first-order chi connectivity index (χ1) is 16.4. The number of rotatable bonds is 3. The molecular formula is C26H19F2N3O3. The second kappa shape index (κ2) is 8.55. The standard InChI is InChI=1S/C26H19F2N3O3/c1-15-9-11-16(12-10-15)26(33)31-14-13-20-23(17-5-2-3-8-21(17)31)34-25(29-20)24(32)30-22-18(27)6-4-7-19(22)28/h2-12H,13-14H2,1H3,(H,30,32). The van der Waals surface area contributed by atoms with Crippen LogP contribution in [0.25, 0.3) is 11.3 Å². The number of benzene rings is 3. The SMILES string of the molecule is Cc1ccc(C(=O)N2CCc3nc(C(=O)Nc4c(F)cccc4F)oc3-c3ccccc32)cc1. The Balaban J connectivity index is 1.49. The molecule has 0 saturated carbocycles. The van der Waals surface area contributed by atoms with Crippen LogP contribution in [0.4, 0.5) is 20.2 Å². The molecule has 2 heterocycles. The molecule has 0 spiro atoms. The van der Waals surface area contributed by atoms with Gasteiger partial charge in [0.25, 0.3) is 11.8 Å². The fourth-order valence-corrected chi connectivity index (χ4v) is 3.92. The maximum absolute atomic E-state index is 13.9. The second-order valence-corrected chi connectivity index (χ2v) is 7.94. The summed E-state index contributed by atoms with van der Waals surface area (Å²) in [7, 11) is 0. The quantitative estimate of drug-likeness (QED) is 0.446. The van der Waals surface area contributed by atoms with E-state index in [0.717, 1.165) is 17.7 Å². The minimum Gasteiger partial charge on any atom is -0.432 e. The Morgan fingerprint density at radius 3 is 2.41 bits per heavy atom. The van der Waals surface area contributed by atoms with Gasteiger partial charge in [0.15, 0.2) is 5.76 Å². The van der Waals surface area contributed by atoms with Crippen LogP contribution < -0.4 is 10.2 Å². The van der Waals surface area contributed by atoms with Crippen molar-refractivity contribution < 1.29 is 22.8 Å². The lowest BCUT2D eigenvalue weighted by molar-refractivity contribution is 0.0979. The number of oxazole rings is 1. The largest absolute Gasteiger partial charge is 0.432 e. The fraction of sp³-hybridized carbons (Fsp3) is 0.115. The van der Waals surface area contributed by atoms with Gasteiger partial charge in [-0.2, -0.15) is 0 Å². The maximum Gasteiger partial charge on any atom is 0.311 e. The third-order valence-electron chi connectivity index (χ3n) is 5.65. The number of aryl methyl sites for hydroxylation is 1. The number of carbonyl (C=O) groups excluding carboxylic acids is 2. The molecule has 34 heavy (non-hydrogen) atoms. The average molecular weight is 459 g/mol. The molecule has 2 amide bonds. The van der Waals surface area contributed by atoms with E-state index in [1.165, 1.54) is 6.07 Å². The highest BCUT2D eigenvalue weighted by molar-refractivity contribution is 6.08. The van der Waals surface area contributed by atoms with Gasteiger partial charge in [-0.25, -0.2) is 13.8 Å². The number of hydrogen-bond acceptors (Lipinski definition) is 4. The molecule has 5 rings (SSSR count). The number of halogens is 2. The summed E-state index contributed by atoms with van der Waals surface area (Å²) in [6.45, 7) is 2.26. The smallest absolute Gasteiger partial charge is 0.311 e. The van der Waals surface area contributed by atoms with Gasteiger partial charge in [0.1, 0.15) is 17.3 Å². The second-order valence-electron chi connectivity index (χ2n) is 7.94. The fourth-order valence-electron chi connectivity index (χ4n) is 3.92. The average Bonchev–Trinajstić information content (AvgIpc) is 3.20. The number of para-hydroxylation sites is 2. The zero-order valence-corrected chi connectivity index (χ0v) is 18.1. The van der Waals surface area contributed by atoms with E-state index in [4.69, 9.17) is 4.42 Å². The lowest BCUT2D eigenvalue weighted by Crippen LogP contribution is -2.32. The monoisotopic (exact) mass is 459 g/mol. The topological polar surface area (TPSA) is 75.4 Å². The molecule has 0 radical (unpaired) electrons. The molecule has 1 aliphatic heterocycles. The Labute approximate surface area is 193 Å². The number of anilines is 2. The highest BCUT2D eigenvalue weighted by Crippen LogP contribution is 2.37. The minimum atomic E-state index is -0.905. The molecule has 0 fully saturated rings. The van der Waals surface area contributed by atoms with Crippen LogP contribution in [0, 0.1) is 18.6 Å². The summed E-state index contributed by atoms with van der Waals surface area (Å²) in [4.78, 5) is 31.9. The molecule has 1 N–H and O–H groups in total. The predicted molar refractivity (Wildman–Crippen MR) is 123 cm³/mol. The number of carbonyl (C=O) groups is 2. The first kappa shape index (κ1) is 21.5. The van der Waals surface area contributed by atoms with E-state index in [2.05, 4.69) is 10.3 Å². The highest BCUT2D eigenvalue weighted by Gasteiger charge is 2.30. The van der Waals surface area contributed by atoms with E-state index in [1.807, 2.05) is 25.1 Å². The van der Waals surface area contributed by atoms with E-state index in [9.17, 15) is 18.4 Å². The Morgan fingerprint density at radius 2 is 1.68 bits per heavy atom. The lowest BCUT2D eigenvalue weighted by atomic mass is 10.1. The van der Waals surface area contributed by atoms with Gasteiger partial charge < -0.3 is 14.6 Å². The van der Waals surface area contributed by atoms with Crippen LogP contribution >= 0.6 is 0 Å². The molecule has 0 unspecified atom stereocenters. The van der Waals surface area contributed by atoms with Crippen LogP contribution in [0.5, 0.6) is 0 Å². The van der Waals surface area contributed by atoms with Gasteiger partial charge in [0.2, 0.25) is 0 Å². The predicted octanol–water partition coefficient (Wildman–Crippen LogP) is 5.38. The summed E-state index contributed by atoms with van der Waals surface area (Å²) in [6, 6.07) is 17.8. The van der Waals surface area contributed by atoms with Crippen LogP contribution in [-0.2, 0) is 6.42 Å². The first-order valence-electron chi connectivity index (χ1n) is 10.7. The molecule has 4 aromatic rings. The van der Waals surface area contributed by atoms with E-state index in [0.29, 0.717) is 41.2 Å². The van der Waals surface area contributed by atoms with Gasteiger partial charge in [-0.3, -0.25) is 9.59 Å². The Hall–Kier alpha value is -4.33. The van der Waals surface area contributed by atoms with E-state index >= 15 is 0 Å². The summed E-state index contributed by atoms with van der Waals surface area (Å²) < 4.78 is 33.7. The van der Waals surface area contributed by atoms with Crippen LogP contribution in [0.15, 0.2) is 71.1 Å². The van der Waals surface area contributed by atoms with Crippen molar-refractivity contribution in [2.45, 2.75) is 13.3 Å². The van der Waals surface area contributed by atoms with Crippen molar-refractivity contribution in [1.29, 1.82) is 0 Å². The van der Waals surface area contributed by atoms with E-state index in [1.54, 1.807) is 35.2 Å². The Kier molecular flexibility index (Phi) is 5.41. The third kappa shape index (κ3) is 3.83. The van der Waals surface area contributed by atoms with Crippen molar-refractivity contribution in [1.82, 2.24) is 4.98 Å². The molecule has 3 aromatic carbocycles. The van der Waals surface area contributed by atoms with Gasteiger partial charge in [-0.05, 0) is 43.3 Å². The van der Waals surface area contributed by atoms with Gasteiger partial charge in [-0.15, -0.1) is 0 Å². The molecule has 0 atom stereocenters. The van der Waals surface area contributed by atoms with Crippen LogP contribution in [-0.4, -0.2) is 23.3 Å². The summed E-state index contributed by atoms with van der Waals surface area (Å²) >= 11 is 0. The zero-order valence-electron chi connectivity index (χ0n) is 18.1. The number of amides is 2. The summed E-state index contributed by atoms with van der Waals surface area (Å²) in [5.74, 6) is -2.82. The molecule has 1 aromatic heterocycles. The molecule has 1 aliphatic rings. The van der Waals surface area contributed by atoms with Crippen molar-refractivity contribution in [2.24, 2.45) is 0 Å². The number of nitrogens with zero attached hydrogens (tertiary/aromatic N) is 2. The van der Waals surface area contributed by atoms with E-state index < -0.39 is 23.2 Å². The third-order valence-corrected chi connectivity index (χ3v) is 5.65. The highest BCUT2D eigenvalue weighted by atomic mass is 19.1. The van der Waals surface area contributed by atoms with Crippen molar-refractivity contribution in [3.63, 3.8) is 0 Å². The van der Waals surface area contributed by atoms with Gasteiger partial charge in [0.05, 0.1) is 11.4 Å². The molecule has 8 heteroatoms. The van der Waals surface area contributed by atoms with Crippen LogP contribution in [0.1, 0.15) is 32.3 Å². The van der Waals surface area contributed by atoms with Crippen LogP contribution in [0.3, 0.4) is 0 Å². The Morgan fingerprint density at radius 1 is 0.971 bits per heavy atom. The number of fused-ring (bicyclic) bond motifs is 3. The summed E-state index contributed by atoms with van der Waals surface area (Å²) in [6.07, 6.45) is 0.326. The number of nitrogens with one attached hydrogen (secondary N) is 1. The van der Waals surface area contributed by atoms with Crippen LogP contribution in [0.2, 0.25) is 0 Å². The maximum atomic E-state index is 13.9. The normalized spacial score (nSPS) is 12.5. The molecule has 0 saturated heterocycles. The van der Waals surface area contributed by atoms with E-state index in [-0.39, 0.29) is 11.8 Å². The number of hydrogen-bond donors (Lipinski definition) is 1. The Bertz CT molecular complexity index is 1390. The van der Waals surface area contributed by atoms with Crippen molar-refractivity contribution in [3.05, 3.63) is 101 Å². The van der Waals surface area contributed by atoms with Crippen molar-refractivity contribution in [2.75, 3.05) is 16.8 Å². The van der Waals surface area contributed by atoms with Crippen molar-refractivity contribution in [3.8, 4) is 11.3 Å². The van der Waals surface area contributed by atoms with Gasteiger partial charge >= 0.3 is 5.91 Å².